The van der Waals surface area contributed by atoms with E-state index in [9.17, 15) is 0 Å². The lowest BCUT2D eigenvalue weighted by Gasteiger charge is -2.16. The molecule has 2 N–H and O–H groups in total. The van der Waals surface area contributed by atoms with E-state index in [1.807, 2.05) is 0 Å². The number of hydrogen-bond donors (Lipinski definition) is 1. The number of rotatable bonds is 8. The highest BCUT2D eigenvalue weighted by molar-refractivity contribution is 5.22. The zero-order valence-electron chi connectivity index (χ0n) is 11.3. The molecule has 0 aliphatic carbocycles. The van der Waals surface area contributed by atoms with Crippen LogP contribution in [0, 0.1) is 0 Å². The molecule has 0 atom stereocenters. The summed E-state index contributed by atoms with van der Waals surface area (Å²) in [6, 6.07) is 8.84. The second-order valence-electron chi connectivity index (χ2n) is 4.80. The number of nitrogens with two attached hydrogens (primary N) is 1. The zero-order valence-corrected chi connectivity index (χ0v) is 11.3. The summed E-state index contributed by atoms with van der Waals surface area (Å²) in [6.07, 6.45) is 4.91. The van der Waals surface area contributed by atoms with Crippen molar-refractivity contribution in [3.8, 4) is 0 Å². The largest absolute Gasteiger partial charge is 0.330 e. The van der Waals surface area contributed by atoms with Gasteiger partial charge < -0.3 is 10.6 Å². The molecule has 0 amide bonds. The van der Waals surface area contributed by atoms with Crippen molar-refractivity contribution >= 4 is 0 Å². The van der Waals surface area contributed by atoms with Crippen molar-refractivity contribution in [1.29, 1.82) is 0 Å². The highest BCUT2D eigenvalue weighted by atomic mass is 15.1. The molecule has 0 unspecified atom stereocenters. The van der Waals surface area contributed by atoms with Crippen molar-refractivity contribution in [3.05, 3.63) is 35.4 Å². The molecule has 0 saturated carbocycles. The minimum atomic E-state index is 0.732. The van der Waals surface area contributed by atoms with E-state index in [-0.39, 0.29) is 0 Å². The first-order valence-electron chi connectivity index (χ1n) is 6.72. The molecule has 0 bridgehead atoms. The summed E-state index contributed by atoms with van der Waals surface area (Å²) in [5.74, 6) is 0. The standard InChI is InChI=1S/C15H26N2/c1-3-4-5-12-17(2)13-15-8-6-14(7-9-15)10-11-16/h6-9H,3-5,10-13,16H2,1-2H3. The first-order chi connectivity index (χ1) is 8.26. The maximum Gasteiger partial charge on any atom is 0.0230 e. The Labute approximate surface area is 106 Å². The molecule has 1 rings (SSSR count). The van der Waals surface area contributed by atoms with Gasteiger partial charge in [0.1, 0.15) is 0 Å². The van der Waals surface area contributed by atoms with Crippen LogP contribution in [0.4, 0.5) is 0 Å². The monoisotopic (exact) mass is 234 g/mol. The van der Waals surface area contributed by atoms with Gasteiger partial charge >= 0.3 is 0 Å². The number of hydrogen-bond acceptors (Lipinski definition) is 2. The first-order valence-corrected chi connectivity index (χ1v) is 6.72. The molecule has 0 heterocycles. The van der Waals surface area contributed by atoms with E-state index in [4.69, 9.17) is 5.73 Å². The summed E-state index contributed by atoms with van der Waals surface area (Å²) in [5, 5.41) is 0. The Morgan fingerprint density at radius 2 is 1.71 bits per heavy atom. The predicted molar refractivity (Wildman–Crippen MR) is 75.1 cm³/mol. The molecule has 0 spiro atoms. The van der Waals surface area contributed by atoms with Gasteiger partial charge in [-0.25, -0.2) is 0 Å². The van der Waals surface area contributed by atoms with Gasteiger partial charge in [-0.05, 0) is 44.1 Å². The minimum absolute atomic E-state index is 0.732. The van der Waals surface area contributed by atoms with Crippen LogP contribution in [0.5, 0.6) is 0 Å². The summed E-state index contributed by atoms with van der Waals surface area (Å²) in [7, 11) is 2.20. The maximum atomic E-state index is 5.54. The highest BCUT2D eigenvalue weighted by Crippen LogP contribution is 2.08. The van der Waals surface area contributed by atoms with Crippen molar-refractivity contribution in [1.82, 2.24) is 4.90 Å². The average molecular weight is 234 g/mol. The van der Waals surface area contributed by atoms with Crippen LogP contribution in [0.3, 0.4) is 0 Å². The molecule has 2 heteroatoms. The van der Waals surface area contributed by atoms with Crippen LogP contribution in [0.1, 0.15) is 37.3 Å². The van der Waals surface area contributed by atoms with E-state index >= 15 is 0 Å². The van der Waals surface area contributed by atoms with Gasteiger partial charge in [0.05, 0.1) is 0 Å². The summed E-state index contributed by atoms with van der Waals surface area (Å²) in [4.78, 5) is 2.40. The molecule has 96 valence electrons. The molecule has 0 aliphatic heterocycles. The van der Waals surface area contributed by atoms with E-state index < -0.39 is 0 Å². The summed E-state index contributed by atoms with van der Waals surface area (Å²) >= 11 is 0. The Morgan fingerprint density at radius 3 is 2.29 bits per heavy atom. The van der Waals surface area contributed by atoms with Crippen LogP contribution in [0.15, 0.2) is 24.3 Å². The van der Waals surface area contributed by atoms with E-state index in [0.29, 0.717) is 0 Å². The first kappa shape index (κ1) is 14.2. The van der Waals surface area contributed by atoms with Gasteiger partial charge in [0.2, 0.25) is 0 Å². The Kier molecular flexibility index (Phi) is 6.90. The van der Waals surface area contributed by atoms with E-state index in [1.54, 1.807) is 0 Å². The van der Waals surface area contributed by atoms with Crippen LogP contribution in [0.25, 0.3) is 0 Å². The molecule has 1 aromatic carbocycles. The smallest absolute Gasteiger partial charge is 0.0230 e. The molecule has 2 nitrogen and oxygen atoms in total. The maximum absolute atomic E-state index is 5.54. The van der Waals surface area contributed by atoms with Crippen LogP contribution >= 0.6 is 0 Å². The van der Waals surface area contributed by atoms with Gasteiger partial charge in [0.15, 0.2) is 0 Å². The number of unbranched alkanes of at least 4 members (excludes halogenated alkanes) is 2. The molecule has 1 aromatic rings. The van der Waals surface area contributed by atoms with Crippen LogP contribution in [-0.4, -0.2) is 25.0 Å². The third-order valence-corrected chi connectivity index (χ3v) is 3.05. The van der Waals surface area contributed by atoms with Gasteiger partial charge in [-0.3, -0.25) is 0 Å². The molecule has 17 heavy (non-hydrogen) atoms. The van der Waals surface area contributed by atoms with E-state index in [2.05, 4.69) is 43.1 Å². The van der Waals surface area contributed by atoms with Gasteiger partial charge in [-0.2, -0.15) is 0 Å². The Hall–Kier alpha value is -0.860. The molecule has 0 saturated heterocycles. The summed E-state index contributed by atoms with van der Waals surface area (Å²) in [5.41, 5.74) is 8.27. The predicted octanol–water partition coefficient (Wildman–Crippen LogP) is 2.81. The van der Waals surface area contributed by atoms with Gasteiger partial charge in [-0.1, -0.05) is 44.0 Å². The average Bonchev–Trinajstić information content (AvgIpc) is 2.32. The second kappa shape index (κ2) is 8.26. The SMILES string of the molecule is CCCCCN(C)Cc1ccc(CCN)cc1. The Bertz CT molecular complexity index is 292. The Morgan fingerprint density at radius 1 is 1.06 bits per heavy atom. The van der Waals surface area contributed by atoms with E-state index in [0.717, 1.165) is 19.5 Å². The van der Waals surface area contributed by atoms with Crippen molar-refractivity contribution < 1.29 is 0 Å². The summed E-state index contributed by atoms with van der Waals surface area (Å²) < 4.78 is 0. The number of nitrogens with zero attached hydrogens (tertiary/aromatic N) is 1. The van der Waals surface area contributed by atoms with Gasteiger partial charge in [0.25, 0.3) is 0 Å². The normalized spacial score (nSPS) is 11.1. The van der Waals surface area contributed by atoms with Crippen molar-refractivity contribution in [2.45, 2.75) is 39.2 Å². The fourth-order valence-corrected chi connectivity index (χ4v) is 2.00. The third kappa shape index (κ3) is 5.85. The molecular formula is C15H26N2. The van der Waals surface area contributed by atoms with Crippen LogP contribution in [-0.2, 0) is 13.0 Å². The minimum Gasteiger partial charge on any atom is -0.330 e. The van der Waals surface area contributed by atoms with Crippen LogP contribution in [0.2, 0.25) is 0 Å². The van der Waals surface area contributed by atoms with Gasteiger partial charge in [0, 0.05) is 6.54 Å². The Balaban J connectivity index is 2.34. The fraction of sp³-hybridized carbons (Fsp3) is 0.600. The van der Waals surface area contributed by atoms with Crippen molar-refractivity contribution in [2.24, 2.45) is 5.73 Å². The van der Waals surface area contributed by atoms with E-state index in [1.165, 1.54) is 36.9 Å². The topological polar surface area (TPSA) is 29.3 Å². The molecule has 0 aliphatic rings. The quantitative estimate of drug-likeness (QED) is 0.701. The molecule has 0 radical (unpaired) electrons. The molecule has 0 aromatic heterocycles. The van der Waals surface area contributed by atoms with Crippen molar-refractivity contribution in [2.75, 3.05) is 20.1 Å². The molecule has 0 fully saturated rings. The van der Waals surface area contributed by atoms with Crippen molar-refractivity contribution in [3.63, 3.8) is 0 Å². The fourth-order valence-electron chi connectivity index (χ4n) is 2.00. The second-order valence-corrected chi connectivity index (χ2v) is 4.80. The lowest BCUT2D eigenvalue weighted by atomic mass is 10.1. The van der Waals surface area contributed by atoms with Crippen LogP contribution < -0.4 is 5.73 Å². The van der Waals surface area contributed by atoms with Gasteiger partial charge in [-0.15, -0.1) is 0 Å². The summed E-state index contributed by atoms with van der Waals surface area (Å²) in [6.45, 7) is 5.22. The lowest BCUT2D eigenvalue weighted by molar-refractivity contribution is 0.318. The molecular weight excluding hydrogens is 208 g/mol. The zero-order chi connectivity index (χ0) is 12.5. The highest BCUT2D eigenvalue weighted by Gasteiger charge is 2.00. The number of benzene rings is 1. The third-order valence-electron chi connectivity index (χ3n) is 3.05. The lowest BCUT2D eigenvalue weighted by Crippen LogP contribution is -2.19.